The second kappa shape index (κ2) is 5.71. The predicted octanol–water partition coefficient (Wildman–Crippen LogP) is 2.05. The van der Waals surface area contributed by atoms with Crippen LogP contribution in [0.25, 0.3) is 0 Å². The van der Waals surface area contributed by atoms with Gasteiger partial charge in [-0.25, -0.2) is 0 Å². The molecule has 1 amide bonds. The van der Waals surface area contributed by atoms with Crippen LogP contribution in [0, 0.1) is 20.8 Å². The first-order valence-electron chi connectivity index (χ1n) is 7.20. The molecule has 114 valence electrons. The largest absolute Gasteiger partial charge is 0.345 e. The summed E-state index contributed by atoms with van der Waals surface area (Å²) in [5.74, 6) is -0.0887. The minimum atomic E-state index is -0.0887. The summed E-state index contributed by atoms with van der Waals surface area (Å²) in [7, 11) is 1.85. The quantitative estimate of drug-likeness (QED) is 0.937. The van der Waals surface area contributed by atoms with Gasteiger partial charge in [0.15, 0.2) is 0 Å². The van der Waals surface area contributed by atoms with Crippen LogP contribution in [0.3, 0.4) is 0 Å². The molecule has 0 bridgehead atoms. The van der Waals surface area contributed by atoms with E-state index in [0.717, 1.165) is 29.2 Å². The van der Waals surface area contributed by atoms with Crippen molar-refractivity contribution in [3.05, 3.63) is 34.4 Å². The Balaban J connectivity index is 2.21. The van der Waals surface area contributed by atoms with Gasteiger partial charge in [-0.2, -0.15) is 10.2 Å². The third-order valence-electron chi connectivity index (χ3n) is 3.99. The summed E-state index contributed by atoms with van der Waals surface area (Å²) in [6.07, 6.45) is 1.83. The molecular weight excluding hydrogens is 266 g/mol. The molecule has 1 atom stereocenters. The summed E-state index contributed by atoms with van der Waals surface area (Å²) in [6.45, 7) is 10.6. The topological polar surface area (TPSA) is 64.7 Å². The molecule has 1 N–H and O–H groups in total. The Hall–Kier alpha value is -2.11. The first kappa shape index (κ1) is 15.3. The Bertz CT molecular complexity index is 668. The second-order valence-corrected chi connectivity index (χ2v) is 5.37. The first-order chi connectivity index (χ1) is 9.86. The van der Waals surface area contributed by atoms with Gasteiger partial charge in [-0.1, -0.05) is 0 Å². The van der Waals surface area contributed by atoms with Gasteiger partial charge < -0.3 is 5.32 Å². The molecule has 0 saturated heterocycles. The molecule has 0 fully saturated rings. The van der Waals surface area contributed by atoms with Gasteiger partial charge in [-0.15, -0.1) is 0 Å². The standard InChI is InChI=1S/C15H23N5O/c1-7-20-11(4)13(8-16-20)9(2)17-15(21)14-10(3)18-19(6)12(14)5/h8-9H,7H2,1-6H3,(H,17,21). The zero-order valence-corrected chi connectivity index (χ0v) is 13.6. The van der Waals surface area contributed by atoms with E-state index in [2.05, 4.69) is 22.4 Å². The SMILES string of the molecule is CCn1ncc(C(C)NC(=O)c2c(C)nn(C)c2C)c1C. The van der Waals surface area contributed by atoms with E-state index in [-0.39, 0.29) is 11.9 Å². The number of hydrogen-bond donors (Lipinski definition) is 1. The summed E-state index contributed by atoms with van der Waals surface area (Å²) in [5.41, 5.74) is 4.41. The van der Waals surface area contributed by atoms with Crippen molar-refractivity contribution in [3.63, 3.8) is 0 Å². The molecule has 0 saturated carbocycles. The molecule has 0 aliphatic carbocycles. The average molecular weight is 289 g/mol. The van der Waals surface area contributed by atoms with Gasteiger partial charge >= 0.3 is 0 Å². The first-order valence-corrected chi connectivity index (χ1v) is 7.20. The van der Waals surface area contributed by atoms with E-state index in [9.17, 15) is 4.79 Å². The van der Waals surface area contributed by atoms with E-state index in [1.807, 2.05) is 45.6 Å². The summed E-state index contributed by atoms with van der Waals surface area (Å²) >= 11 is 0. The Labute approximate surface area is 125 Å². The lowest BCUT2D eigenvalue weighted by atomic mass is 10.1. The van der Waals surface area contributed by atoms with Crippen LogP contribution in [0.1, 0.15) is 52.9 Å². The van der Waals surface area contributed by atoms with Gasteiger partial charge in [-0.3, -0.25) is 14.2 Å². The highest BCUT2D eigenvalue weighted by atomic mass is 16.1. The van der Waals surface area contributed by atoms with E-state index in [1.165, 1.54) is 0 Å². The molecule has 2 rings (SSSR count). The summed E-state index contributed by atoms with van der Waals surface area (Å²) in [4.78, 5) is 12.5. The molecule has 2 aromatic rings. The molecule has 2 aromatic heterocycles. The third kappa shape index (κ3) is 2.70. The van der Waals surface area contributed by atoms with Gasteiger partial charge in [0.1, 0.15) is 0 Å². The fraction of sp³-hybridized carbons (Fsp3) is 0.533. The van der Waals surface area contributed by atoms with Gasteiger partial charge in [0.2, 0.25) is 0 Å². The predicted molar refractivity (Wildman–Crippen MR) is 81.2 cm³/mol. The minimum Gasteiger partial charge on any atom is -0.345 e. The molecule has 6 nitrogen and oxygen atoms in total. The summed E-state index contributed by atoms with van der Waals surface area (Å²) in [5, 5.41) is 11.6. The maximum Gasteiger partial charge on any atom is 0.255 e. The zero-order valence-electron chi connectivity index (χ0n) is 13.6. The highest BCUT2D eigenvalue weighted by molar-refractivity contribution is 5.96. The molecule has 0 spiro atoms. The number of nitrogens with one attached hydrogen (secondary N) is 1. The number of amides is 1. The van der Waals surface area contributed by atoms with E-state index in [4.69, 9.17) is 0 Å². The van der Waals surface area contributed by atoms with Crippen LogP contribution in [-0.4, -0.2) is 25.5 Å². The van der Waals surface area contributed by atoms with Crippen LogP contribution >= 0.6 is 0 Å². The lowest BCUT2D eigenvalue weighted by Crippen LogP contribution is -2.28. The van der Waals surface area contributed by atoms with Gasteiger partial charge in [0.05, 0.1) is 23.5 Å². The molecule has 0 aliphatic rings. The number of carbonyl (C=O) groups excluding carboxylic acids is 1. The number of aromatic nitrogens is 4. The van der Waals surface area contributed by atoms with Crippen molar-refractivity contribution in [1.82, 2.24) is 24.9 Å². The van der Waals surface area contributed by atoms with E-state index < -0.39 is 0 Å². The number of carbonyl (C=O) groups is 1. The monoisotopic (exact) mass is 289 g/mol. The van der Waals surface area contributed by atoms with E-state index in [0.29, 0.717) is 5.56 Å². The Morgan fingerprint density at radius 2 is 2.00 bits per heavy atom. The zero-order chi connectivity index (χ0) is 15.7. The number of aryl methyl sites for hydroxylation is 3. The maximum atomic E-state index is 12.5. The van der Waals surface area contributed by atoms with Crippen LogP contribution in [0.4, 0.5) is 0 Å². The average Bonchev–Trinajstić information content (AvgIpc) is 2.90. The molecule has 0 aromatic carbocycles. The lowest BCUT2D eigenvalue weighted by Gasteiger charge is -2.14. The van der Waals surface area contributed by atoms with Crippen molar-refractivity contribution >= 4 is 5.91 Å². The van der Waals surface area contributed by atoms with Gasteiger partial charge in [-0.05, 0) is 34.6 Å². The fourth-order valence-electron chi connectivity index (χ4n) is 2.65. The lowest BCUT2D eigenvalue weighted by molar-refractivity contribution is 0.0938. The van der Waals surface area contributed by atoms with Gasteiger partial charge in [0.25, 0.3) is 5.91 Å². The van der Waals surface area contributed by atoms with Crippen LogP contribution in [0.15, 0.2) is 6.20 Å². The van der Waals surface area contributed by atoms with Crippen LogP contribution < -0.4 is 5.32 Å². The van der Waals surface area contributed by atoms with Crippen molar-refractivity contribution in [2.75, 3.05) is 0 Å². The highest BCUT2D eigenvalue weighted by Crippen LogP contribution is 2.19. The van der Waals surface area contributed by atoms with Crippen LogP contribution in [0.2, 0.25) is 0 Å². The summed E-state index contributed by atoms with van der Waals surface area (Å²) < 4.78 is 3.66. The van der Waals surface area contributed by atoms with Gasteiger partial charge in [0, 0.05) is 30.5 Å². The number of hydrogen-bond acceptors (Lipinski definition) is 3. The third-order valence-corrected chi connectivity index (χ3v) is 3.99. The Morgan fingerprint density at radius 1 is 1.33 bits per heavy atom. The molecular formula is C15H23N5O. The molecule has 0 aliphatic heterocycles. The van der Waals surface area contributed by atoms with E-state index in [1.54, 1.807) is 4.68 Å². The Morgan fingerprint density at radius 3 is 2.48 bits per heavy atom. The molecule has 1 unspecified atom stereocenters. The van der Waals surface area contributed by atoms with Crippen molar-refractivity contribution in [1.29, 1.82) is 0 Å². The number of nitrogens with zero attached hydrogens (tertiary/aromatic N) is 4. The second-order valence-electron chi connectivity index (χ2n) is 5.37. The maximum absolute atomic E-state index is 12.5. The minimum absolute atomic E-state index is 0.0863. The van der Waals surface area contributed by atoms with Crippen molar-refractivity contribution in [2.24, 2.45) is 7.05 Å². The molecule has 6 heteroatoms. The van der Waals surface area contributed by atoms with Crippen molar-refractivity contribution < 1.29 is 4.79 Å². The van der Waals surface area contributed by atoms with Crippen LogP contribution in [0.5, 0.6) is 0 Å². The van der Waals surface area contributed by atoms with E-state index >= 15 is 0 Å². The Kier molecular flexibility index (Phi) is 4.16. The van der Waals surface area contributed by atoms with Crippen LogP contribution in [-0.2, 0) is 13.6 Å². The normalized spacial score (nSPS) is 12.5. The molecule has 2 heterocycles. The fourth-order valence-corrected chi connectivity index (χ4v) is 2.65. The smallest absolute Gasteiger partial charge is 0.255 e. The van der Waals surface area contributed by atoms with Crippen molar-refractivity contribution in [2.45, 2.75) is 47.2 Å². The summed E-state index contributed by atoms with van der Waals surface area (Å²) in [6, 6.07) is -0.0863. The highest BCUT2D eigenvalue weighted by Gasteiger charge is 2.21. The molecule has 0 radical (unpaired) electrons. The number of rotatable bonds is 4. The van der Waals surface area contributed by atoms with Crippen molar-refractivity contribution in [3.8, 4) is 0 Å². The molecule has 21 heavy (non-hydrogen) atoms.